The number of amides is 1. The molecule has 4 heterocycles. The molecule has 148 valence electrons. The number of carbonyl (C=O) groups is 1. The second kappa shape index (κ2) is 8.25. The Morgan fingerprint density at radius 2 is 1.78 bits per heavy atom. The Bertz CT molecular complexity index is 617. The first kappa shape index (κ1) is 18.8. The Balaban J connectivity index is 1.27. The maximum atomic E-state index is 13.0. The molecule has 0 unspecified atom stereocenters. The highest BCUT2D eigenvalue weighted by molar-refractivity contribution is 5.79. The molecular formula is C21H31N3O3. The number of pyridine rings is 1. The van der Waals surface area contributed by atoms with Gasteiger partial charge in [0.2, 0.25) is 5.91 Å². The van der Waals surface area contributed by atoms with Gasteiger partial charge in [-0.05, 0) is 63.7 Å². The summed E-state index contributed by atoms with van der Waals surface area (Å²) < 4.78 is 5.47. The number of rotatable bonds is 3. The number of ether oxygens (including phenoxy) is 1. The topological polar surface area (TPSA) is 65.9 Å². The van der Waals surface area contributed by atoms with E-state index in [0.717, 1.165) is 57.7 Å². The van der Waals surface area contributed by atoms with Gasteiger partial charge in [0.25, 0.3) is 0 Å². The van der Waals surface area contributed by atoms with E-state index in [1.807, 2.05) is 23.1 Å². The molecule has 4 rings (SSSR count). The highest BCUT2D eigenvalue weighted by Crippen LogP contribution is 2.33. The third kappa shape index (κ3) is 4.18. The Morgan fingerprint density at radius 3 is 2.41 bits per heavy atom. The van der Waals surface area contributed by atoms with Crippen molar-refractivity contribution in [1.29, 1.82) is 0 Å². The molecule has 0 atom stereocenters. The molecule has 3 aliphatic heterocycles. The molecule has 6 heteroatoms. The fourth-order valence-electron chi connectivity index (χ4n) is 4.81. The summed E-state index contributed by atoms with van der Waals surface area (Å²) in [6.45, 7) is 5.02. The molecule has 0 bridgehead atoms. The standard InChI is InChI=1S/C21H31N3O3/c25-20(17-4-11-23(12-5-17)18-6-15-27-16-7-18)24-13-8-21(26,9-14-24)19-3-1-2-10-22-19/h1-3,10,17-18,26H,4-9,11-16H2. The second-order valence-corrected chi connectivity index (χ2v) is 8.23. The van der Waals surface area contributed by atoms with E-state index in [1.165, 1.54) is 0 Å². The second-order valence-electron chi connectivity index (χ2n) is 8.23. The SMILES string of the molecule is O=C(C1CCN(C2CCOCC2)CC1)N1CCC(O)(c2ccccn2)CC1. The first-order chi connectivity index (χ1) is 13.2. The van der Waals surface area contributed by atoms with Gasteiger partial charge >= 0.3 is 0 Å². The molecule has 0 aromatic carbocycles. The molecule has 0 spiro atoms. The lowest BCUT2D eigenvalue weighted by Gasteiger charge is -2.42. The lowest BCUT2D eigenvalue weighted by atomic mass is 9.86. The first-order valence-corrected chi connectivity index (χ1v) is 10.4. The number of aliphatic hydroxyl groups is 1. The minimum Gasteiger partial charge on any atom is -0.383 e. The number of piperidine rings is 2. The first-order valence-electron chi connectivity index (χ1n) is 10.4. The van der Waals surface area contributed by atoms with Crippen molar-refractivity contribution in [2.75, 3.05) is 39.4 Å². The van der Waals surface area contributed by atoms with Crippen molar-refractivity contribution < 1.29 is 14.6 Å². The van der Waals surface area contributed by atoms with Crippen LogP contribution in [0.1, 0.15) is 44.2 Å². The van der Waals surface area contributed by atoms with E-state index in [-0.39, 0.29) is 11.8 Å². The summed E-state index contributed by atoms with van der Waals surface area (Å²) in [5, 5.41) is 10.9. The summed E-state index contributed by atoms with van der Waals surface area (Å²) in [4.78, 5) is 21.8. The summed E-state index contributed by atoms with van der Waals surface area (Å²) in [6, 6.07) is 6.28. The molecule has 6 nitrogen and oxygen atoms in total. The van der Waals surface area contributed by atoms with Crippen LogP contribution in [0.5, 0.6) is 0 Å². The molecule has 1 aromatic heterocycles. The third-order valence-corrected chi connectivity index (χ3v) is 6.63. The highest BCUT2D eigenvalue weighted by Gasteiger charge is 2.38. The molecule has 1 amide bonds. The molecule has 0 saturated carbocycles. The van der Waals surface area contributed by atoms with E-state index in [2.05, 4.69) is 9.88 Å². The summed E-state index contributed by atoms with van der Waals surface area (Å²) in [7, 11) is 0. The van der Waals surface area contributed by atoms with E-state index in [4.69, 9.17) is 4.74 Å². The minimum atomic E-state index is -0.898. The largest absolute Gasteiger partial charge is 0.383 e. The van der Waals surface area contributed by atoms with Gasteiger partial charge in [0.05, 0.1) is 5.69 Å². The lowest BCUT2D eigenvalue weighted by Crippen LogP contribution is -2.50. The average Bonchev–Trinajstić information content (AvgIpc) is 2.75. The van der Waals surface area contributed by atoms with Gasteiger partial charge in [0, 0.05) is 44.5 Å². The minimum absolute atomic E-state index is 0.141. The van der Waals surface area contributed by atoms with Gasteiger partial charge in [-0.1, -0.05) is 6.07 Å². The number of hydrogen-bond donors (Lipinski definition) is 1. The van der Waals surface area contributed by atoms with Crippen molar-refractivity contribution in [3.63, 3.8) is 0 Å². The van der Waals surface area contributed by atoms with Crippen molar-refractivity contribution in [3.8, 4) is 0 Å². The Hall–Kier alpha value is -1.50. The van der Waals surface area contributed by atoms with Gasteiger partial charge in [-0.3, -0.25) is 9.78 Å². The van der Waals surface area contributed by atoms with Crippen molar-refractivity contribution in [3.05, 3.63) is 30.1 Å². The zero-order valence-corrected chi connectivity index (χ0v) is 16.1. The number of aromatic nitrogens is 1. The quantitative estimate of drug-likeness (QED) is 0.875. The molecule has 3 aliphatic rings. The summed E-state index contributed by atoms with van der Waals surface area (Å²) in [6.07, 6.45) is 7.01. The maximum absolute atomic E-state index is 13.0. The highest BCUT2D eigenvalue weighted by atomic mass is 16.5. The number of hydrogen-bond acceptors (Lipinski definition) is 5. The van der Waals surface area contributed by atoms with Crippen LogP contribution in [0.3, 0.4) is 0 Å². The molecule has 3 saturated heterocycles. The van der Waals surface area contributed by atoms with Gasteiger partial charge in [-0.15, -0.1) is 0 Å². The van der Waals surface area contributed by atoms with E-state index in [1.54, 1.807) is 6.20 Å². The van der Waals surface area contributed by atoms with Gasteiger partial charge in [-0.2, -0.15) is 0 Å². The number of likely N-dealkylation sites (tertiary alicyclic amines) is 2. The third-order valence-electron chi connectivity index (χ3n) is 6.63. The molecular weight excluding hydrogens is 342 g/mol. The summed E-state index contributed by atoms with van der Waals surface area (Å²) in [5.74, 6) is 0.423. The number of nitrogens with zero attached hydrogens (tertiary/aromatic N) is 3. The zero-order valence-electron chi connectivity index (χ0n) is 16.1. The van der Waals surface area contributed by atoms with Gasteiger partial charge < -0.3 is 19.6 Å². The molecule has 27 heavy (non-hydrogen) atoms. The fourth-order valence-corrected chi connectivity index (χ4v) is 4.81. The van der Waals surface area contributed by atoms with E-state index in [9.17, 15) is 9.90 Å². The maximum Gasteiger partial charge on any atom is 0.225 e. The summed E-state index contributed by atoms with van der Waals surface area (Å²) >= 11 is 0. The van der Waals surface area contributed by atoms with Gasteiger partial charge in [0.15, 0.2) is 0 Å². The van der Waals surface area contributed by atoms with Crippen LogP contribution in [0.15, 0.2) is 24.4 Å². The van der Waals surface area contributed by atoms with Crippen LogP contribution in [0.4, 0.5) is 0 Å². The predicted octanol–water partition coefficient (Wildman–Crippen LogP) is 1.78. The predicted molar refractivity (Wildman–Crippen MR) is 102 cm³/mol. The van der Waals surface area contributed by atoms with Crippen LogP contribution >= 0.6 is 0 Å². The molecule has 1 aromatic rings. The lowest BCUT2D eigenvalue weighted by molar-refractivity contribution is -0.142. The van der Waals surface area contributed by atoms with Crippen molar-refractivity contribution >= 4 is 5.91 Å². The van der Waals surface area contributed by atoms with Crippen LogP contribution in [-0.4, -0.2) is 71.2 Å². The van der Waals surface area contributed by atoms with Gasteiger partial charge in [0.1, 0.15) is 5.60 Å². The van der Waals surface area contributed by atoms with Crippen LogP contribution < -0.4 is 0 Å². The molecule has 0 radical (unpaired) electrons. The zero-order chi connectivity index (χ0) is 18.7. The average molecular weight is 373 g/mol. The van der Waals surface area contributed by atoms with Crippen molar-refractivity contribution in [1.82, 2.24) is 14.8 Å². The van der Waals surface area contributed by atoms with Gasteiger partial charge in [-0.25, -0.2) is 0 Å². The van der Waals surface area contributed by atoms with E-state index < -0.39 is 5.60 Å². The van der Waals surface area contributed by atoms with Crippen LogP contribution in [0, 0.1) is 5.92 Å². The molecule has 0 aliphatic carbocycles. The smallest absolute Gasteiger partial charge is 0.225 e. The molecule has 1 N–H and O–H groups in total. The van der Waals surface area contributed by atoms with E-state index in [0.29, 0.717) is 32.0 Å². The van der Waals surface area contributed by atoms with Crippen LogP contribution in [0.25, 0.3) is 0 Å². The summed E-state index contributed by atoms with van der Waals surface area (Å²) in [5.41, 5.74) is -0.174. The Morgan fingerprint density at radius 1 is 1.07 bits per heavy atom. The monoisotopic (exact) mass is 373 g/mol. The van der Waals surface area contributed by atoms with E-state index >= 15 is 0 Å². The Labute approximate surface area is 161 Å². The fraction of sp³-hybridized carbons (Fsp3) is 0.714. The van der Waals surface area contributed by atoms with Crippen molar-refractivity contribution in [2.24, 2.45) is 5.92 Å². The number of carbonyl (C=O) groups excluding carboxylic acids is 1. The Kier molecular flexibility index (Phi) is 5.76. The van der Waals surface area contributed by atoms with Crippen LogP contribution in [0.2, 0.25) is 0 Å². The normalized spacial score (nSPS) is 25.4. The molecule has 3 fully saturated rings. The van der Waals surface area contributed by atoms with Crippen molar-refractivity contribution in [2.45, 2.75) is 50.2 Å². The van der Waals surface area contributed by atoms with Crippen LogP contribution in [-0.2, 0) is 15.1 Å².